The molecule has 8 bridgehead atoms. The number of fused-ring (bicyclic) bond motifs is 5. The van der Waals surface area contributed by atoms with E-state index in [0.29, 0.717) is 24.3 Å². The molecule has 7 rings (SSSR count). The molecule has 258 valence electrons. The van der Waals surface area contributed by atoms with E-state index < -0.39 is 17.0 Å². The van der Waals surface area contributed by atoms with E-state index in [0.717, 1.165) is 85.4 Å². The van der Waals surface area contributed by atoms with E-state index in [9.17, 15) is 15.0 Å². The van der Waals surface area contributed by atoms with Crippen LogP contribution in [0.15, 0.2) is 117 Å². The fraction of sp³-hybridized carbons (Fsp3) is 0.459. The summed E-state index contributed by atoms with van der Waals surface area (Å²) < 4.78 is 5.00. The minimum Gasteiger partial charge on any atom is -0.511 e. The van der Waals surface area contributed by atoms with Gasteiger partial charge in [-0.25, -0.2) is 15.0 Å². The molecular formula is C37H46N7O4P. The summed E-state index contributed by atoms with van der Waals surface area (Å²) >= 11 is 0. The van der Waals surface area contributed by atoms with Gasteiger partial charge in [0, 0.05) is 52.8 Å². The molecule has 0 radical (unpaired) electrons. The molecule has 11 nitrogen and oxygen atoms in total. The maximum Gasteiger partial charge on any atom is 0.305 e. The van der Waals surface area contributed by atoms with Gasteiger partial charge >= 0.3 is 5.97 Å². The first-order valence-corrected chi connectivity index (χ1v) is 17.0. The monoisotopic (exact) mass is 683 g/mol. The highest BCUT2D eigenvalue weighted by Gasteiger charge is 2.54. The molecule has 6 atom stereocenters. The molecule has 0 saturated carbocycles. The third-order valence-electron chi connectivity index (χ3n) is 10.9. The summed E-state index contributed by atoms with van der Waals surface area (Å²) in [5.74, 6) is -0.0444. The van der Waals surface area contributed by atoms with Crippen molar-refractivity contribution in [1.29, 1.82) is 0 Å². The molecule has 1 fully saturated rings. The Morgan fingerprint density at radius 3 is 2.43 bits per heavy atom. The predicted octanol–water partition coefficient (Wildman–Crippen LogP) is 6.32. The summed E-state index contributed by atoms with van der Waals surface area (Å²) in [6.45, 7) is 12.2. The Morgan fingerprint density at radius 1 is 1.08 bits per heavy atom. The summed E-state index contributed by atoms with van der Waals surface area (Å²) in [4.78, 5) is 27.7. The number of hydrogen-bond donors (Lipinski definition) is 4. The van der Waals surface area contributed by atoms with Gasteiger partial charge in [-0.3, -0.25) is 4.79 Å². The van der Waals surface area contributed by atoms with Gasteiger partial charge in [-0.05, 0) is 81.1 Å². The molecule has 6 aliphatic heterocycles. The lowest BCUT2D eigenvalue weighted by molar-refractivity contribution is -0.140. The maximum atomic E-state index is 12.3. The van der Waals surface area contributed by atoms with E-state index in [4.69, 9.17) is 25.4 Å². The van der Waals surface area contributed by atoms with Crippen molar-refractivity contribution in [2.75, 3.05) is 7.11 Å². The van der Waals surface area contributed by atoms with Crippen molar-refractivity contribution >= 4 is 32.3 Å². The number of aliphatic imine (C=N–C) groups is 3. The van der Waals surface area contributed by atoms with Crippen LogP contribution in [0.3, 0.4) is 0 Å². The largest absolute Gasteiger partial charge is 0.511 e. The molecule has 0 amide bonds. The number of ether oxygens (including phenoxy) is 1. The number of rotatable bonds is 5. The topological polar surface area (TPSA) is 167 Å². The van der Waals surface area contributed by atoms with Crippen LogP contribution in [0, 0.1) is 11.8 Å². The number of carbonyl (C=O) groups excluding carboxylic acids is 1. The normalized spacial score (nSPS) is 31.6. The average Bonchev–Trinajstić information content (AvgIpc) is 3.83. The van der Waals surface area contributed by atoms with Gasteiger partial charge in [-0.2, -0.15) is 10.2 Å². The second-order valence-corrected chi connectivity index (χ2v) is 14.6. The number of allylic oxidation sites excluding steroid dienone is 11. The lowest BCUT2D eigenvalue weighted by Gasteiger charge is -2.31. The number of azo groups is 1. The molecule has 1 aliphatic carbocycles. The number of nitrogens with one attached hydrogen (secondary N) is 1. The number of nitrogens with two attached hydrogens (primary N) is 1. The summed E-state index contributed by atoms with van der Waals surface area (Å²) in [5.41, 5.74) is 16.8. The highest BCUT2D eigenvalue weighted by Crippen LogP contribution is 2.49. The minimum absolute atomic E-state index is 0. The van der Waals surface area contributed by atoms with Crippen molar-refractivity contribution in [1.82, 2.24) is 5.32 Å². The molecule has 3 unspecified atom stereocenters. The van der Waals surface area contributed by atoms with Crippen LogP contribution in [0.5, 0.6) is 0 Å². The standard InChI is InChI=1S/C36H42N7O4P.CH4/c1-8-19-15(2)22-14-27-31(35(6)34(37)36(46,48)43-42-35)18(5)25(39-27)12-23-16(3)20(9-10-29(45)47-7)32(40-23)21-11-28(44)30-17(4)24(41-33(21)30)13-26(19)38-22;/h12-14,16,20,34,40,44,46H,8-11,37,48H2,1-7H3;1H4/t16?,20?,34-,35+,36+;/m0./s1. The Hall–Kier alpha value is -4.05. The van der Waals surface area contributed by atoms with Crippen molar-refractivity contribution in [2.45, 2.75) is 91.7 Å². The summed E-state index contributed by atoms with van der Waals surface area (Å²) in [7, 11) is 3.73. The van der Waals surface area contributed by atoms with E-state index in [1.807, 2.05) is 32.9 Å². The van der Waals surface area contributed by atoms with Gasteiger partial charge in [0.05, 0.1) is 47.4 Å². The van der Waals surface area contributed by atoms with Crippen LogP contribution >= 0.6 is 9.24 Å². The summed E-state index contributed by atoms with van der Waals surface area (Å²) in [6, 6.07) is -0.841. The molecule has 0 aromatic rings. The van der Waals surface area contributed by atoms with Crippen LogP contribution in [-0.4, -0.2) is 57.5 Å². The second kappa shape index (κ2) is 12.1. The lowest BCUT2D eigenvalue weighted by atomic mass is 9.80. The number of methoxy groups -OCH3 is 1. The highest BCUT2D eigenvalue weighted by molar-refractivity contribution is 7.18. The van der Waals surface area contributed by atoms with Crippen LogP contribution in [0.25, 0.3) is 0 Å². The van der Waals surface area contributed by atoms with Gasteiger partial charge in [0.2, 0.25) is 5.47 Å². The van der Waals surface area contributed by atoms with Crippen LogP contribution in [0.1, 0.15) is 74.7 Å². The minimum atomic E-state index is -1.61. The quantitative estimate of drug-likeness (QED) is 0.196. The number of aliphatic hydroxyl groups excluding tert-OH is 1. The van der Waals surface area contributed by atoms with E-state index in [1.165, 1.54) is 7.11 Å². The molecule has 1 saturated heterocycles. The van der Waals surface area contributed by atoms with E-state index in [2.05, 4.69) is 51.6 Å². The van der Waals surface area contributed by atoms with Gasteiger partial charge in [-0.1, -0.05) is 30.5 Å². The van der Waals surface area contributed by atoms with Gasteiger partial charge < -0.3 is 26.0 Å². The molecule has 49 heavy (non-hydrogen) atoms. The van der Waals surface area contributed by atoms with Gasteiger partial charge in [0.15, 0.2) is 0 Å². The van der Waals surface area contributed by atoms with E-state index >= 15 is 0 Å². The zero-order valence-electron chi connectivity index (χ0n) is 28.4. The Labute approximate surface area is 290 Å². The first-order chi connectivity index (χ1) is 22.7. The summed E-state index contributed by atoms with van der Waals surface area (Å²) in [5, 5.41) is 34.7. The zero-order valence-corrected chi connectivity index (χ0v) is 29.5. The maximum absolute atomic E-state index is 12.3. The molecule has 0 aromatic carbocycles. The molecule has 6 heterocycles. The van der Waals surface area contributed by atoms with Crippen LogP contribution in [0.2, 0.25) is 0 Å². The molecule has 7 aliphatic rings. The lowest BCUT2D eigenvalue weighted by Crippen LogP contribution is -2.52. The Kier molecular flexibility index (Phi) is 8.57. The third kappa shape index (κ3) is 5.20. The van der Waals surface area contributed by atoms with Gasteiger partial charge in [0.1, 0.15) is 11.3 Å². The molecule has 12 heteroatoms. The van der Waals surface area contributed by atoms with Crippen LogP contribution in [0.4, 0.5) is 0 Å². The van der Waals surface area contributed by atoms with Crippen molar-refractivity contribution < 1.29 is 19.7 Å². The molecule has 5 N–H and O–H groups in total. The second-order valence-electron chi connectivity index (χ2n) is 13.7. The highest BCUT2D eigenvalue weighted by atomic mass is 31.0. The van der Waals surface area contributed by atoms with E-state index in [1.54, 1.807) is 0 Å². The number of hydrogen-bond acceptors (Lipinski definition) is 11. The first-order valence-electron chi connectivity index (χ1n) is 16.5. The number of esters is 1. The third-order valence-corrected chi connectivity index (χ3v) is 11.4. The van der Waals surface area contributed by atoms with Gasteiger partial charge in [0.25, 0.3) is 0 Å². The van der Waals surface area contributed by atoms with Crippen LogP contribution in [-0.2, 0) is 9.53 Å². The van der Waals surface area contributed by atoms with Crippen molar-refractivity contribution in [3.05, 3.63) is 91.5 Å². The fourth-order valence-electron chi connectivity index (χ4n) is 8.05. The molecule has 0 aromatic heterocycles. The van der Waals surface area contributed by atoms with Crippen LogP contribution < -0.4 is 11.1 Å². The van der Waals surface area contributed by atoms with E-state index in [-0.39, 0.29) is 31.7 Å². The fourth-order valence-corrected chi connectivity index (χ4v) is 8.43. The Bertz CT molecular complexity index is 1980. The number of nitrogens with zero attached hydrogens (tertiary/aromatic N) is 5. The Balaban J connectivity index is 0.00000417. The van der Waals surface area contributed by atoms with Gasteiger partial charge in [-0.15, -0.1) is 0 Å². The summed E-state index contributed by atoms with van der Waals surface area (Å²) in [6.07, 6.45) is 7.97. The first kappa shape index (κ1) is 34.8. The smallest absolute Gasteiger partial charge is 0.305 e. The zero-order chi connectivity index (χ0) is 34.4. The van der Waals surface area contributed by atoms with Crippen molar-refractivity contribution in [3.63, 3.8) is 0 Å². The predicted molar refractivity (Wildman–Crippen MR) is 196 cm³/mol. The SMILES string of the molecule is C.CCC1=C(C)C2=NC1=CC1=C(C)C3=C(O)CC(=C4NC(=CC5=NC(=C2)C([C@@]2(C)N=N[C@](O)(P)[C@H]2N)=C5C)C(C)C4CCC(=O)OC)C3=N1. The molecular weight excluding hydrogens is 637 g/mol. The average molecular weight is 684 g/mol. The Morgan fingerprint density at radius 2 is 1.78 bits per heavy atom. The van der Waals surface area contributed by atoms with Crippen molar-refractivity contribution in [3.8, 4) is 0 Å². The molecule has 0 spiro atoms. The number of carbonyl (C=O) groups is 1. The van der Waals surface area contributed by atoms with Crippen molar-refractivity contribution in [2.24, 2.45) is 42.8 Å². The number of aliphatic hydroxyl groups is 2.